The summed E-state index contributed by atoms with van der Waals surface area (Å²) >= 11 is 0. The number of aliphatic hydroxyl groups excluding tert-OH is 1. The van der Waals surface area contributed by atoms with Gasteiger partial charge in [0.25, 0.3) is 10.0 Å². The lowest BCUT2D eigenvalue weighted by Crippen LogP contribution is -2.40. The van der Waals surface area contributed by atoms with Gasteiger partial charge in [-0.3, -0.25) is 4.79 Å². The number of aromatic nitrogens is 2. The van der Waals surface area contributed by atoms with E-state index in [1.807, 2.05) is 0 Å². The molecule has 106 valence electrons. The maximum Gasteiger partial charge on any atom is 0.322 e. The Kier molecular flexibility index (Phi) is 3.37. The van der Waals surface area contributed by atoms with Crippen molar-refractivity contribution in [1.29, 1.82) is 0 Å². The van der Waals surface area contributed by atoms with Gasteiger partial charge in [-0.05, 0) is 6.92 Å². The van der Waals surface area contributed by atoms with Crippen molar-refractivity contribution in [1.82, 2.24) is 13.9 Å². The first-order valence-corrected chi connectivity index (χ1v) is 7.10. The molecule has 2 N–H and O–H groups in total. The fraction of sp³-hybridized carbons (Fsp3) is 0.600. The Balaban J connectivity index is 2.41. The van der Waals surface area contributed by atoms with Crippen LogP contribution >= 0.6 is 0 Å². The second-order valence-electron chi connectivity index (χ2n) is 4.56. The van der Waals surface area contributed by atoms with Crippen molar-refractivity contribution in [2.75, 3.05) is 6.54 Å². The Hall–Kier alpha value is -1.45. The van der Waals surface area contributed by atoms with Crippen LogP contribution in [0.25, 0.3) is 0 Å². The summed E-state index contributed by atoms with van der Waals surface area (Å²) < 4.78 is 27.0. The number of nitrogens with zero attached hydrogens (tertiary/aromatic N) is 3. The quantitative estimate of drug-likeness (QED) is 0.733. The van der Waals surface area contributed by atoms with E-state index in [2.05, 4.69) is 4.98 Å². The lowest BCUT2D eigenvalue weighted by Gasteiger charge is -2.19. The third kappa shape index (κ3) is 2.36. The zero-order valence-electron chi connectivity index (χ0n) is 10.5. The standard InChI is InChI=1S/C10H15N3O5S/c1-6-11-9(5-12(6)2)19(17,18)13-4-7(14)3-8(13)10(15)16/h5,7-8,14H,3-4H2,1-2H3,(H,15,16)/t7-,8-/m1/s1. The van der Waals surface area contributed by atoms with Gasteiger partial charge < -0.3 is 14.8 Å². The number of rotatable bonds is 3. The first-order valence-electron chi connectivity index (χ1n) is 5.66. The van der Waals surface area contributed by atoms with E-state index < -0.39 is 28.1 Å². The molecule has 0 aliphatic carbocycles. The predicted octanol–water partition coefficient (Wildman–Crippen LogP) is -1.06. The number of imidazole rings is 1. The summed E-state index contributed by atoms with van der Waals surface area (Å²) in [6.45, 7) is 1.42. The molecule has 0 bridgehead atoms. The largest absolute Gasteiger partial charge is 0.480 e. The minimum Gasteiger partial charge on any atom is -0.480 e. The fourth-order valence-corrected chi connectivity index (χ4v) is 3.70. The van der Waals surface area contributed by atoms with E-state index in [-0.39, 0.29) is 18.0 Å². The second-order valence-corrected chi connectivity index (χ2v) is 6.39. The first kappa shape index (κ1) is 14.0. The van der Waals surface area contributed by atoms with Gasteiger partial charge in [-0.1, -0.05) is 0 Å². The molecule has 1 aliphatic heterocycles. The Morgan fingerprint density at radius 1 is 1.53 bits per heavy atom. The third-order valence-electron chi connectivity index (χ3n) is 3.18. The van der Waals surface area contributed by atoms with E-state index in [1.54, 1.807) is 14.0 Å². The van der Waals surface area contributed by atoms with Crippen molar-refractivity contribution in [3.8, 4) is 0 Å². The van der Waals surface area contributed by atoms with Crippen LogP contribution in [0.1, 0.15) is 12.2 Å². The summed E-state index contributed by atoms with van der Waals surface area (Å²) in [5.41, 5.74) is 0. The number of aliphatic carboxylic acids is 1. The van der Waals surface area contributed by atoms with Crippen molar-refractivity contribution >= 4 is 16.0 Å². The smallest absolute Gasteiger partial charge is 0.322 e. The summed E-state index contributed by atoms with van der Waals surface area (Å²) in [6.07, 6.45) is 0.245. The summed E-state index contributed by atoms with van der Waals surface area (Å²) in [5.74, 6) is -0.766. The van der Waals surface area contributed by atoms with Gasteiger partial charge in [0.05, 0.1) is 6.10 Å². The van der Waals surface area contributed by atoms with Crippen molar-refractivity contribution in [2.24, 2.45) is 7.05 Å². The molecule has 0 spiro atoms. The highest BCUT2D eigenvalue weighted by Crippen LogP contribution is 2.26. The van der Waals surface area contributed by atoms with Crippen LogP contribution in [0, 0.1) is 6.92 Å². The van der Waals surface area contributed by atoms with Gasteiger partial charge in [0, 0.05) is 26.2 Å². The molecular weight excluding hydrogens is 274 g/mol. The molecule has 0 saturated carbocycles. The number of carbonyl (C=O) groups is 1. The lowest BCUT2D eigenvalue weighted by atomic mass is 10.2. The monoisotopic (exact) mass is 289 g/mol. The van der Waals surface area contributed by atoms with E-state index in [0.29, 0.717) is 5.82 Å². The topological polar surface area (TPSA) is 113 Å². The molecule has 1 fully saturated rings. The number of carboxylic acids is 1. The van der Waals surface area contributed by atoms with Crippen LogP contribution in [0.2, 0.25) is 0 Å². The number of β-amino-alcohol motifs (C(OH)–C–C–N with tert-alkyl or cyclic N) is 1. The number of carboxylic acid groups (broad SMARTS) is 1. The van der Waals surface area contributed by atoms with Crippen molar-refractivity contribution in [3.63, 3.8) is 0 Å². The van der Waals surface area contributed by atoms with Crippen LogP contribution in [0.3, 0.4) is 0 Å². The van der Waals surface area contributed by atoms with Crippen molar-refractivity contribution in [2.45, 2.75) is 30.5 Å². The van der Waals surface area contributed by atoms with Gasteiger partial charge in [-0.2, -0.15) is 4.31 Å². The fourth-order valence-electron chi connectivity index (χ4n) is 2.05. The van der Waals surface area contributed by atoms with Gasteiger partial charge in [0.15, 0.2) is 5.03 Å². The van der Waals surface area contributed by atoms with Gasteiger partial charge in [-0.15, -0.1) is 0 Å². The minimum absolute atomic E-state index is 0.111. The molecule has 1 aliphatic rings. The summed E-state index contributed by atoms with van der Waals surface area (Å²) in [4.78, 5) is 15.0. The molecule has 9 heteroatoms. The third-order valence-corrected chi connectivity index (χ3v) is 4.92. The Bertz CT molecular complexity index is 589. The number of sulfonamides is 1. The van der Waals surface area contributed by atoms with Crippen LogP contribution in [0.4, 0.5) is 0 Å². The second kappa shape index (κ2) is 4.58. The van der Waals surface area contributed by atoms with E-state index in [9.17, 15) is 18.3 Å². The molecule has 1 saturated heterocycles. The molecular formula is C10H15N3O5S. The summed E-state index contributed by atoms with van der Waals surface area (Å²) in [5, 5.41) is 18.3. The predicted molar refractivity (Wildman–Crippen MR) is 63.9 cm³/mol. The van der Waals surface area contributed by atoms with E-state index >= 15 is 0 Å². The van der Waals surface area contributed by atoms with E-state index in [4.69, 9.17) is 5.11 Å². The molecule has 1 aromatic heterocycles. The molecule has 0 amide bonds. The molecule has 8 nitrogen and oxygen atoms in total. The lowest BCUT2D eigenvalue weighted by molar-refractivity contribution is -0.140. The van der Waals surface area contributed by atoms with Gasteiger partial charge in [0.2, 0.25) is 0 Å². The average molecular weight is 289 g/mol. The molecule has 2 rings (SSSR count). The van der Waals surface area contributed by atoms with Crippen LogP contribution in [-0.2, 0) is 21.9 Å². The maximum absolute atomic E-state index is 12.3. The molecule has 2 atom stereocenters. The molecule has 0 unspecified atom stereocenters. The van der Waals surface area contributed by atoms with Crippen LogP contribution < -0.4 is 0 Å². The highest BCUT2D eigenvalue weighted by atomic mass is 32.2. The molecule has 1 aromatic rings. The Labute approximate surface area is 110 Å². The van der Waals surface area contributed by atoms with Crippen LogP contribution in [0.5, 0.6) is 0 Å². The number of hydrogen-bond donors (Lipinski definition) is 2. The first-order chi connectivity index (χ1) is 8.73. The van der Waals surface area contributed by atoms with Gasteiger partial charge in [-0.25, -0.2) is 13.4 Å². The number of hydrogen-bond acceptors (Lipinski definition) is 5. The van der Waals surface area contributed by atoms with Crippen molar-refractivity contribution < 1.29 is 23.4 Å². The SMILES string of the molecule is Cc1nc(S(=O)(=O)N2C[C@H](O)C[C@@H]2C(=O)O)cn1C. The summed E-state index contributed by atoms with van der Waals surface area (Å²) in [6, 6.07) is -1.25. The highest BCUT2D eigenvalue weighted by Gasteiger charge is 2.44. The maximum atomic E-state index is 12.3. The van der Waals surface area contributed by atoms with Gasteiger partial charge >= 0.3 is 5.97 Å². The van der Waals surface area contributed by atoms with E-state index in [1.165, 1.54) is 10.8 Å². The molecule has 19 heavy (non-hydrogen) atoms. The Morgan fingerprint density at radius 2 is 2.16 bits per heavy atom. The zero-order chi connectivity index (χ0) is 14.4. The average Bonchev–Trinajstić information content (AvgIpc) is 2.84. The zero-order valence-corrected chi connectivity index (χ0v) is 11.3. The normalized spacial score (nSPS) is 24.8. The van der Waals surface area contributed by atoms with E-state index in [0.717, 1.165) is 4.31 Å². The van der Waals surface area contributed by atoms with Gasteiger partial charge in [0.1, 0.15) is 11.9 Å². The van der Waals surface area contributed by atoms with Crippen molar-refractivity contribution in [3.05, 3.63) is 12.0 Å². The Morgan fingerprint density at radius 3 is 2.63 bits per heavy atom. The molecule has 0 aromatic carbocycles. The number of aliphatic hydroxyl groups is 1. The molecule has 2 heterocycles. The van der Waals surface area contributed by atoms with Crippen LogP contribution in [0.15, 0.2) is 11.2 Å². The van der Waals surface area contributed by atoms with Crippen LogP contribution in [-0.4, -0.2) is 57.1 Å². The minimum atomic E-state index is -4.01. The highest BCUT2D eigenvalue weighted by molar-refractivity contribution is 7.89. The summed E-state index contributed by atoms with van der Waals surface area (Å²) in [7, 11) is -2.36. The number of aryl methyl sites for hydroxylation is 2. The molecule has 0 radical (unpaired) electrons.